The molecule has 0 fully saturated rings. The van der Waals surface area contributed by atoms with Gasteiger partial charge in [0.05, 0.1) is 22.3 Å². The second kappa shape index (κ2) is 4.93. The summed E-state index contributed by atoms with van der Waals surface area (Å²) in [4.78, 5) is 0. The van der Waals surface area contributed by atoms with E-state index >= 15 is 0 Å². The van der Waals surface area contributed by atoms with Crippen LogP contribution < -0.4 is 11.1 Å². The standard InChI is InChI=1S/C8H9Cl2N3O/c9-5-2-1-3-6(10)8(5)12-4-7(11)13-14/h1-3,12,14H,4H2,(H2,11,13). The Bertz CT molecular complexity index is 334. The molecule has 0 aliphatic heterocycles. The Kier molecular flexibility index (Phi) is 3.85. The van der Waals surface area contributed by atoms with Gasteiger partial charge in [-0.2, -0.15) is 0 Å². The van der Waals surface area contributed by atoms with Crippen LogP contribution in [0.3, 0.4) is 0 Å². The third-order valence-corrected chi connectivity index (χ3v) is 2.17. The second-order valence-corrected chi connectivity index (χ2v) is 3.36. The second-order valence-electron chi connectivity index (χ2n) is 2.54. The van der Waals surface area contributed by atoms with E-state index in [0.717, 1.165) is 0 Å². The highest BCUT2D eigenvalue weighted by molar-refractivity contribution is 6.39. The average molecular weight is 234 g/mol. The van der Waals surface area contributed by atoms with Crippen molar-refractivity contribution < 1.29 is 5.21 Å². The van der Waals surface area contributed by atoms with E-state index in [9.17, 15) is 0 Å². The lowest BCUT2D eigenvalue weighted by Gasteiger charge is -2.08. The molecule has 0 unspecified atom stereocenters. The van der Waals surface area contributed by atoms with Gasteiger partial charge in [-0.15, -0.1) is 0 Å². The first-order valence-corrected chi connectivity index (χ1v) is 4.55. The van der Waals surface area contributed by atoms with Gasteiger partial charge in [0, 0.05) is 0 Å². The van der Waals surface area contributed by atoms with Crippen molar-refractivity contribution >= 4 is 34.7 Å². The van der Waals surface area contributed by atoms with Gasteiger partial charge in [0.1, 0.15) is 0 Å². The quantitative estimate of drug-likeness (QED) is 0.325. The molecule has 0 saturated heterocycles. The fourth-order valence-electron chi connectivity index (χ4n) is 0.881. The zero-order chi connectivity index (χ0) is 10.6. The maximum absolute atomic E-state index is 8.31. The summed E-state index contributed by atoms with van der Waals surface area (Å²) in [7, 11) is 0. The van der Waals surface area contributed by atoms with Gasteiger partial charge >= 0.3 is 0 Å². The van der Waals surface area contributed by atoms with Crippen LogP contribution >= 0.6 is 23.2 Å². The van der Waals surface area contributed by atoms with Crippen LogP contribution in [0.25, 0.3) is 0 Å². The largest absolute Gasteiger partial charge is 0.409 e. The summed E-state index contributed by atoms with van der Waals surface area (Å²) in [6, 6.07) is 5.13. The minimum Gasteiger partial charge on any atom is -0.409 e. The molecule has 0 atom stereocenters. The molecule has 4 nitrogen and oxygen atoms in total. The third kappa shape index (κ3) is 2.68. The minimum atomic E-state index is 0.0565. The Morgan fingerprint density at radius 1 is 1.43 bits per heavy atom. The normalized spacial score (nSPS) is 11.4. The van der Waals surface area contributed by atoms with Crippen LogP contribution in [0, 0.1) is 0 Å². The van der Waals surface area contributed by atoms with Gasteiger partial charge in [0.15, 0.2) is 5.84 Å². The van der Waals surface area contributed by atoms with Crippen molar-refractivity contribution in [3.8, 4) is 0 Å². The molecule has 0 spiro atoms. The number of nitrogens with zero attached hydrogens (tertiary/aromatic N) is 1. The third-order valence-electron chi connectivity index (χ3n) is 1.54. The number of oxime groups is 1. The van der Waals surface area contributed by atoms with Crippen molar-refractivity contribution in [1.29, 1.82) is 0 Å². The molecule has 0 aliphatic rings. The van der Waals surface area contributed by atoms with E-state index in [1.807, 2.05) is 0 Å². The van der Waals surface area contributed by atoms with Gasteiger partial charge < -0.3 is 16.3 Å². The van der Waals surface area contributed by atoms with Gasteiger partial charge in [0.2, 0.25) is 0 Å². The predicted molar refractivity (Wildman–Crippen MR) is 58.4 cm³/mol. The van der Waals surface area contributed by atoms with Crippen LogP contribution in [0.1, 0.15) is 0 Å². The highest BCUT2D eigenvalue weighted by atomic mass is 35.5. The SMILES string of the molecule is N/C(CNc1c(Cl)cccc1Cl)=N/O. The zero-order valence-corrected chi connectivity index (χ0v) is 8.68. The predicted octanol–water partition coefficient (Wildman–Crippen LogP) is 2.15. The number of anilines is 1. The first-order chi connectivity index (χ1) is 6.65. The number of nitrogens with one attached hydrogen (secondary N) is 1. The van der Waals surface area contributed by atoms with Crippen LogP contribution in [0.15, 0.2) is 23.4 Å². The Balaban J connectivity index is 2.76. The molecule has 1 aromatic rings. The summed E-state index contributed by atoms with van der Waals surface area (Å²) in [5, 5.41) is 14.9. The van der Waals surface area contributed by atoms with Gasteiger partial charge in [0.25, 0.3) is 0 Å². The number of hydrogen-bond donors (Lipinski definition) is 3. The van der Waals surface area contributed by atoms with Crippen molar-refractivity contribution in [3.05, 3.63) is 28.2 Å². The van der Waals surface area contributed by atoms with Crippen LogP contribution in [0.2, 0.25) is 10.0 Å². The van der Waals surface area contributed by atoms with E-state index in [-0.39, 0.29) is 12.4 Å². The lowest BCUT2D eigenvalue weighted by Crippen LogP contribution is -2.22. The van der Waals surface area contributed by atoms with E-state index in [1.165, 1.54) is 0 Å². The number of benzene rings is 1. The Labute approximate surface area is 91.3 Å². The fourth-order valence-corrected chi connectivity index (χ4v) is 1.41. The number of amidine groups is 1. The van der Waals surface area contributed by atoms with Gasteiger partial charge in [-0.05, 0) is 12.1 Å². The van der Waals surface area contributed by atoms with Crippen molar-refractivity contribution in [3.63, 3.8) is 0 Å². The Morgan fingerprint density at radius 2 is 2.00 bits per heavy atom. The summed E-state index contributed by atoms with van der Waals surface area (Å²) < 4.78 is 0. The number of halogens is 2. The zero-order valence-electron chi connectivity index (χ0n) is 7.17. The fraction of sp³-hybridized carbons (Fsp3) is 0.125. The van der Waals surface area contributed by atoms with Crippen molar-refractivity contribution in [2.45, 2.75) is 0 Å². The molecule has 0 radical (unpaired) electrons. The Morgan fingerprint density at radius 3 is 2.50 bits per heavy atom. The maximum Gasteiger partial charge on any atom is 0.158 e. The molecule has 0 amide bonds. The number of rotatable bonds is 3. The summed E-state index contributed by atoms with van der Waals surface area (Å²) in [6.07, 6.45) is 0. The summed E-state index contributed by atoms with van der Waals surface area (Å²) in [6.45, 7) is 0.181. The van der Waals surface area contributed by atoms with Crippen LogP contribution in [-0.4, -0.2) is 17.6 Å². The molecular weight excluding hydrogens is 225 g/mol. The summed E-state index contributed by atoms with van der Waals surface area (Å²) >= 11 is 11.7. The topological polar surface area (TPSA) is 70.6 Å². The number of para-hydroxylation sites is 1. The monoisotopic (exact) mass is 233 g/mol. The molecule has 4 N–H and O–H groups in total. The molecule has 0 saturated carbocycles. The van der Waals surface area contributed by atoms with E-state index < -0.39 is 0 Å². The van der Waals surface area contributed by atoms with Crippen LogP contribution in [0.4, 0.5) is 5.69 Å². The minimum absolute atomic E-state index is 0.0565. The molecule has 0 aromatic heterocycles. The molecule has 0 aliphatic carbocycles. The first kappa shape index (κ1) is 10.9. The lowest BCUT2D eigenvalue weighted by molar-refractivity contribution is 0.317. The van der Waals surface area contributed by atoms with Crippen molar-refractivity contribution in [1.82, 2.24) is 0 Å². The first-order valence-electron chi connectivity index (χ1n) is 3.79. The van der Waals surface area contributed by atoms with Gasteiger partial charge in [-0.1, -0.05) is 34.4 Å². The summed E-state index contributed by atoms with van der Waals surface area (Å²) in [5.74, 6) is 0.0565. The van der Waals surface area contributed by atoms with Crippen LogP contribution in [-0.2, 0) is 0 Å². The molecule has 0 heterocycles. The molecule has 14 heavy (non-hydrogen) atoms. The lowest BCUT2D eigenvalue weighted by atomic mass is 10.3. The maximum atomic E-state index is 8.31. The smallest absolute Gasteiger partial charge is 0.158 e. The molecule has 6 heteroatoms. The van der Waals surface area contributed by atoms with E-state index in [0.29, 0.717) is 15.7 Å². The molecule has 1 aromatic carbocycles. The number of hydrogen-bond acceptors (Lipinski definition) is 3. The van der Waals surface area contributed by atoms with Crippen molar-refractivity contribution in [2.24, 2.45) is 10.9 Å². The Hall–Kier alpha value is -1.13. The van der Waals surface area contributed by atoms with Gasteiger partial charge in [-0.3, -0.25) is 0 Å². The van der Waals surface area contributed by atoms with Crippen molar-refractivity contribution in [2.75, 3.05) is 11.9 Å². The van der Waals surface area contributed by atoms with E-state index in [2.05, 4.69) is 10.5 Å². The molecular formula is C8H9Cl2N3O. The molecule has 1 rings (SSSR count). The summed E-state index contributed by atoms with van der Waals surface area (Å²) in [5.41, 5.74) is 5.84. The highest BCUT2D eigenvalue weighted by Crippen LogP contribution is 2.29. The average Bonchev–Trinajstić information content (AvgIpc) is 2.16. The molecule has 0 bridgehead atoms. The number of nitrogens with two attached hydrogens (primary N) is 1. The van der Waals surface area contributed by atoms with E-state index in [1.54, 1.807) is 18.2 Å². The van der Waals surface area contributed by atoms with Gasteiger partial charge in [-0.25, -0.2) is 0 Å². The van der Waals surface area contributed by atoms with Crippen LogP contribution in [0.5, 0.6) is 0 Å². The van der Waals surface area contributed by atoms with E-state index in [4.69, 9.17) is 34.1 Å². The highest BCUT2D eigenvalue weighted by Gasteiger charge is 2.04. The molecule has 76 valence electrons.